The molecule has 1 unspecified atom stereocenters. The van der Waals surface area contributed by atoms with Crippen LogP contribution in [0.5, 0.6) is 0 Å². The van der Waals surface area contributed by atoms with Crippen molar-refractivity contribution in [2.24, 2.45) is 0 Å². The molecule has 16 heavy (non-hydrogen) atoms. The lowest BCUT2D eigenvalue weighted by Gasteiger charge is -2.25. The fourth-order valence-electron chi connectivity index (χ4n) is 2.19. The molecular formula is C12H14ClNO2. The summed E-state index contributed by atoms with van der Waals surface area (Å²) in [6.45, 7) is 3.44. The van der Waals surface area contributed by atoms with Gasteiger partial charge in [-0.3, -0.25) is 4.79 Å². The molecule has 2 rings (SSSR count). The highest BCUT2D eigenvalue weighted by Crippen LogP contribution is 2.33. The molecule has 0 bridgehead atoms. The molecule has 86 valence electrons. The van der Waals surface area contributed by atoms with E-state index >= 15 is 0 Å². The second kappa shape index (κ2) is 4.42. The summed E-state index contributed by atoms with van der Waals surface area (Å²) in [5.74, 6) is -0.266. The fraction of sp³-hybridized carbons (Fsp3) is 0.500. The van der Waals surface area contributed by atoms with Crippen molar-refractivity contribution in [3.8, 4) is 0 Å². The predicted molar refractivity (Wildman–Crippen MR) is 61.4 cm³/mol. The highest BCUT2D eigenvalue weighted by atomic mass is 35.5. The van der Waals surface area contributed by atoms with E-state index in [1.165, 1.54) is 12.5 Å². The fourth-order valence-corrected chi connectivity index (χ4v) is 2.44. The van der Waals surface area contributed by atoms with Crippen LogP contribution >= 0.6 is 11.6 Å². The lowest BCUT2D eigenvalue weighted by molar-refractivity contribution is -0.147. The van der Waals surface area contributed by atoms with E-state index in [4.69, 9.17) is 16.3 Å². The number of hydrogen-bond donors (Lipinski definition) is 0. The number of ether oxygens (including phenoxy) is 1. The number of hydrogen-bond acceptors (Lipinski definition) is 3. The second-order valence-electron chi connectivity index (χ2n) is 4.12. The van der Waals surface area contributed by atoms with Crippen LogP contribution in [0.3, 0.4) is 0 Å². The van der Waals surface area contributed by atoms with Crippen molar-refractivity contribution in [3.05, 3.63) is 28.0 Å². The first-order valence-electron chi connectivity index (χ1n) is 5.41. The molecule has 0 radical (unpaired) electrons. The maximum Gasteiger partial charge on any atom is 0.303 e. The first-order valence-corrected chi connectivity index (χ1v) is 5.79. The van der Waals surface area contributed by atoms with Crippen LogP contribution in [0.1, 0.15) is 42.7 Å². The molecule has 0 saturated carbocycles. The molecule has 0 N–H and O–H groups in total. The molecule has 4 heteroatoms. The second-order valence-corrected chi connectivity index (χ2v) is 4.50. The van der Waals surface area contributed by atoms with Gasteiger partial charge < -0.3 is 4.74 Å². The van der Waals surface area contributed by atoms with Gasteiger partial charge in [0.2, 0.25) is 0 Å². The van der Waals surface area contributed by atoms with Gasteiger partial charge in [0.05, 0.1) is 5.69 Å². The van der Waals surface area contributed by atoms with Crippen molar-refractivity contribution >= 4 is 17.6 Å². The van der Waals surface area contributed by atoms with Crippen LogP contribution in [0.4, 0.5) is 0 Å². The average molecular weight is 240 g/mol. The van der Waals surface area contributed by atoms with Gasteiger partial charge in [0.15, 0.2) is 0 Å². The van der Waals surface area contributed by atoms with Gasteiger partial charge in [-0.15, -0.1) is 0 Å². The van der Waals surface area contributed by atoms with Gasteiger partial charge in [-0.1, -0.05) is 11.6 Å². The molecule has 0 aromatic carbocycles. The number of carbonyl (C=O) groups excluding carboxylic acids is 1. The topological polar surface area (TPSA) is 39.2 Å². The molecule has 1 aliphatic carbocycles. The Morgan fingerprint density at radius 1 is 1.62 bits per heavy atom. The van der Waals surface area contributed by atoms with Crippen LogP contribution in [0.15, 0.2) is 6.07 Å². The zero-order valence-electron chi connectivity index (χ0n) is 9.42. The van der Waals surface area contributed by atoms with Crippen molar-refractivity contribution in [2.45, 2.75) is 39.2 Å². The molecule has 0 fully saturated rings. The largest absolute Gasteiger partial charge is 0.456 e. The summed E-state index contributed by atoms with van der Waals surface area (Å²) in [6, 6.07) is 1.86. The average Bonchev–Trinajstić information content (AvgIpc) is 2.18. The van der Waals surface area contributed by atoms with E-state index in [0.29, 0.717) is 5.15 Å². The number of rotatable bonds is 1. The Morgan fingerprint density at radius 2 is 2.38 bits per heavy atom. The smallest absolute Gasteiger partial charge is 0.303 e. The van der Waals surface area contributed by atoms with E-state index in [0.717, 1.165) is 30.5 Å². The minimum absolute atomic E-state index is 0.223. The van der Waals surface area contributed by atoms with Crippen molar-refractivity contribution < 1.29 is 9.53 Å². The molecule has 0 aliphatic heterocycles. The molecule has 0 saturated heterocycles. The number of aromatic nitrogens is 1. The molecule has 0 amide bonds. The summed E-state index contributed by atoms with van der Waals surface area (Å²) < 4.78 is 5.27. The zero-order valence-corrected chi connectivity index (χ0v) is 10.2. The summed E-state index contributed by atoms with van der Waals surface area (Å²) in [5.41, 5.74) is 3.15. The van der Waals surface area contributed by atoms with E-state index in [9.17, 15) is 4.79 Å². The molecular weight excluding hydrogens is 226 g/mol. The lowest BCUT2D eigenvalue weighted by Crippen LogP contribution is -2.18. The quantitative estimate of drug-likeness (QED) is 0.559. The summed E-state index contributed by atoms with van der Waals surface area (Å²) >= 11 is 5.93. The number of pyridine rings is 1. The first-order chi connectivity index (χ1) is 7.58. The third kappa shape index (κ3) is 2.19. The third-order valence-electron chi connectivity index (χ3n) is 2.85. The van der Waals surface area contributed by atoms with Crippen LogP contribution in [-0.2, 0) is 16.0 Å². The Bertz CT molecular complexity index is 431. The Morgan fingerprint density at radius 3 is 3.06 bits per heavy atom. The van der Waals surface area contributed by atoms with Crippen LogP contribution in [0.25, 0.3) is 0 Å². The molecule has 3 nitrogen and oxygen atoms in total. The molecule has 1 aromatic heterocycles. The lowest BCUT2D eigenvalue weighted by atomic mass is 9.91. The predicted octanol–water partition coefficient (Wildman–Crippen LogP) is 2.98. The summed E-state index contributed by atoms with van der Waals surface area (Å²) in [7, 11) is 0. The van der Waals surface area contributed by atoms with Gasteiger partial charge in [-0.25, -0.2) is 4.98 Å². The van der Waals surface area contributed by atoms with E-state index in [-0.39, 0.29) is 12.1 Å². The maximum atomic E-state index is 11.0. The molecule has 0 spiro atoms. The molecule has 1 heterocycles. The number of fused-ring (bicyclic) bond motifs is 1. The van der Waals surface area contributed by atoms with Crippen LogP contribution in [0, 0.1) is 6.92 Å². The monoisotopic (exact) mass is 239 g/mol. The van der Waals surface area contributed by atoms with Gasteiger partial charge in [-0.05, 0) is 43.4 Å². The minimum atomic E-state index is -0.266. The summed E-state index contributed by atoms with van der Waals surface area (Å²) in [5, 5.41) is 0.468. The zero-order chi connectivity index (χ0) is 11.7. The van der Waals surface area contributed by atoms with Gasteiger partial charge in [-0.2, -0.15) is 0 Å². The highest BCUT2D eigenvalue weighted by Gasteiger charge is 2.25. The van der Waals surface area contributed by atoms with E-state index in [2.05, 4.69) is 4.98 Å². The number of aryl methyl sites for hydroxylation is 1. The van der Waals surface area contributed by atoms with Crippen LogP contribution in [-0.4, -0.2) is 11.0 Å². The normalized spacial score (nSPS) is 19.1. The summed E-state index contributed by atoms with van der Waals surface area (Å²) in [4.78, 5) is 15.3. The molecule has 1 aromatic rings. The number of carbonyl (C=O) groups is 1. The van der Waals surface area contributed by atoms with E-state index in [1.54, 1.807) is 0 Å². The first kappa shape index (κ1) is 11.4. The SMILES string of the molecule is CC(=O)OC1CCCc2c(C)cc(Cl)nc21. The summed E-state index contributed by atoms with van der Waals surface area (Å²) in [6.07, 6.45) is 2.62. The van der Waals surface area contributed by atoms with Crippen LogP contribution < -0.4 is 0 Å². The van der Waals surface area contributed by atoms with E-state index < -0.39 is 0 Å². The van der Waals surface area contributed by atoms with Crippen molar-refractivity contribution in [1.29, 1.82) is 0 Å². The van der Waals surface area contributed by atoms with Crippen molar-refractivity contribution in [2.75, 3.05) is 0 Å². The Labute approximate surface area is 99.8 Å². The number of esters is 1. The Hall–Kier alpha value is -1.09. The highest BCUT2D eigenvalue weighted by molar-refractivity contribution is 6.29. The maximum absolute atomic E-state index is 11.0. The molecule has 1 aliphatic rings. The number of nitrogens with zero attached hydrogens (tertiary/aromatic N) is 1. The standard InChI is InChI=1S/C12H14ClNO2/c1-7-6-11(13)14-12-9(7)4-3-5-10(12)16-8(2)15/h6,10H,3-5H2,1-2H3. The minimum Gasteiger partial charge on any atom is -0.456 e. The van der Waals surface area contributed by atoms with Gasteiger partial charge in [0.1, 0.15) is 11.3 Å². The molecule has 1 atom stereocenters. The Kier molecular flexibility index (Phi) is 3.15. The van der Waals surface area contributed by atoms with Gasteiger partial charge >= 0.3 is 5.97 Å². The Balaban J connectivity index is 2.41. The van der Waals surface area contributed by atoms with E-state index in [1.807, 2.05) is 13.0 Å². The van der Waals surface area contributed by atoms with Crippen LogP contribution in [0.2, 0.25) is 5.15 Å². The van der Waals surface area contributed by atoms with Crippen molar-refractivity contribution in [3.63, 3.8) is 0 Å². The van der Waals surface area contributed by atoms with Gasteiger partial charge in [0.25, 0.3) is 0 Å². The van der Waals surface area contributed by atoms with Gasteiger partial charge in [0, 0.05) is 6.92 Å². The van der Waals surface area contributed by atoms with Crippen molar-refractivity contribution in [1.82, 2.24) is 4.98 Å². The third-order valence-corrected chi connectivity index (χ3v) is 3.05. The number of halogens is 1.